The Bertz CT molecular complexity index is 428. The van der Waals surface area contributed by atoms with Crippen LogP contribution in [0.5, 0.6) is 0 Å². The minimum absolute atomic E-state index is 0.127. The topological polar surface area (TPSA) is 30.7 Å². The Hall–Kier alpha value is -1.42. The van der Waals surface area contributed by atoms with Gasteiger partial charge in [0.15, 0.2) is 0 Å². The second-order valence-corrected chi connectivity index (χ2v) is 3.21. The summed E-state index contributed by atoms with van der Waals surface area (Å²) in [6.07, 6.45) is 2.93. The van der Waals surface area contributed by atoms with Gasteiger partial charge in [0.1, 0.15) is 18.5 Å². The highest BCUT2D eigenvalue weighted by Crippen LogP contribution is 2.18. The molecular formula is C9H7ClFN3. The standard InChI is InChI=1S/C9H7ClFN3/c10-8-3-1-2-7(9(8)11)4-14-6-12-5-13-14/h1-3,5-6H,4H2. The number of hydrogen-bond acceptors (Lipinski definition) is 2. The van der Waals surface area contributed by atoms with E-state index in [9.17, 15) is 4.39 Å². The van der Waals surface area contributed by atoms with Crippen LogP contribution in [0.1, 0.15) is 5.56 Å². The predicted molar refractivity (Wildman–Crippen MR) is 50.5 cm³/mol. The van der Waals surface area contributed by atoms with Gasteiger partial charge in [0.05, 0.1) is 11.6 Å². The third kappa shape index (κ3) is 1.75. The summed E-state index contributed by atoms with van der Waals surface area (Å²) in [6, 6.07) is 4.89. The van der Waals surface area contributed by atoms with E-state index in [0.29, 0.717) is 12.1 Å². The normalized spacial score (nSPS) is 10.4. The van der Waals surface area contributed by atoms with Gasteiger partial charge in [-0.25, -0.2) is 14.1 Å². The molecule has 0 atom stereocenters. The zero-order chi connectivity index (χ0) is 9.97. The van der Waals surface area contributed by atoms with Crippen LogP contribution in [0.4, 0.5) is 4.39 Å². The number of benzene rings is 1. The zero-order valence-electron chi connectivity index (χ0n) is 7.19. The van der Waals surface area contributed by atoms with Crippen LogP contribution in [0.2, 0.25) is 5.02 Å². The predicted octanol–water partition coefficient (Wildman–Crippen LogP) is 2.12. The molecule has 0 saturated heterocycles. The van der Waals surface area contributed by atoms with Gasteiger partial charge in [0.2, 0.25) is 0 Å². The van der Waals surface area contributed by atoms with Crippen LogP contribution >= 0.6 is 11.6 Å². The quantitative estimate of drug-likeness (QED) is 0.762. The Balaban J connectivity index is 2.29. The van der Waals surface area contributed by atoms with E-state index in [-0.39, 0.29) is 5.02 Å². The van der Waals surface area contributed by atoms with Gasteiger partial charge in [-0.3, -0.25) is 0 Å². The van der Waals surface area contributed by atoms with Crippen LogP contribution in [0.3, 0.4) is 0 Å². The maximum Gasteiger partial charge on any atom is 0.146 e. The molecule has 0 fully saturated rings. The monoisotopic (exact) mass is 211 g/mol. The summed E-state index contributed by atoms with van der Waals surface area (Å²) in [5, 5.41) is 4.01. The summed E-state index contributed by atoms with van der Waals surface area (Å²) in [6.45, 7) is 0.340. The molecule has 14 heavy (non-hydrogen) atoms. The summed E-state index contributed by atoms with van der Waals surface area (Å²) < 4.78 is 14.9. The molecule has 1 aromatic heterocycles. The summed E-state index contributed by atoms with van der Waals surface area (Å²) in [7, 11) is 0. The summed E-state index contributed by atoms with van der Waals surface area (Å²) in [5.74, 6) is -0.398. The van der Waals surface area contributed by atoms with Crippen LogP contribution in [0.15, 0.2) is 30.9 Å². The third-order valence-electron chi connectivity index (χ3n) is 1.83. The van der Waals surface area contributed by atoms with Gasteiger partial charge >= 0.3 is 0 Å². The van der Waals surface area contributed by atoms with E-state index in [1.807, 2.05) is 0 Å². The second-order valence-electron chi connectivity index (χ2n) is 2.81. The zero-order valence-corrected chi connectivity index (χ0v) is 7.95. The molecule has 5 heteroatoms. The molecule has 0 amide bonds. The lowest BCUT2D eigenvalue weighted by Gasteiger charge is -2.03. The highest BCUT2D eigenvalue weighted by Gasteiger charge is 2.06. The van der Waals surface area contributed by atoms with E-state index in [1.165, 1.54) is 23.4 Å². The van der Waals surface area contributed by atoms with Crippen molar-refractivity contribution in [2.24, 2.45) is 0 Å². The molecule has 0 bridgehead atoms. The first-order chi connectivity index (χ1) is 6.77. The van der Waals surface area contributed by atoms with Crippen LogP contribution < -0.4 is 0 Å². The van der Waals surface area contributed by atoms with Crippen LogP contribution in [-0.2, 0) is 6.54 Å². The SMILES string of the molecule is Fc1c(Cl)cccc1Cn1cncn1. The highest BCUT2D eigenvalue weighted by molar-refractivity contribution is 6.30. The average molecular weight is 212 g/mol. The summed E-state index contributed by atoms with van der Waals surface area (Å²) in [5.41, 5.74) is 0.503. The van der Waals surface area contributed by atoms with Gasteiger partial charge in [-0.1, -0.05) is 23.7 Å². The fourth-order valence-electron chi connectivity index (χ4n) is 1.16. The van der Waals surface area contributed by atoms with E-state index in [4.69, 9.17) is 11.6 Å². The van der Waals surface area contributed by atoms with E-state index in [2.05, 4.69) is 10.1 Å². The van der Waals surface area contributed by atoms with Crippen molar-refractivity contribution in [3.8, 4) is 0 Å². The number of aromatic nitrogens is 3. The molecule has 0 aliphatic carbocycles. The molecule has 0 saturated carbocycles. The number of nitrogens with zero attached hydrogens (tertiary/aromatic N) is 3. The summed E-state index contributed by atoms with van der Waals surface area (Å²) >= 11 is 5.63. The van der Waals surface area contributed by atoms with Gasteiger partial charge in [-0.05, 0) is 6.07 Å². The molecular weight excluding hydrogens is 205 g/mol. The Labute approximate surface area is 85.1 Å². The van der Waals surface area contributed by atoms with Crippen molar-refractivity contribution in [3.63, 3.8) is 0 Å². The highest BCUT2D eigenvalue weighted by atomic mass is 35.5. The van der Waals surface area contributed by atoms with Crippen LogP contribution in [0.25, 0.3) is 0 Å². The lowest BCUT2D eigenvalue weighted by Crippen LogP contribution is -2.02. The molecule has 0 spiro atoms. The minimum atomic E-state index is -0.398. The first-order valence-electron chi connectivity index (χ1n) is 4.02. The van der Waals surface area contributed by atoms with Gasteiger partial charge < -0.3 is 0 Å². The third-order valence-corrected chi connectivity index (χ3v) is 2.12. The Morgan fingerprint density at radius 3 is 3.00 bits per heavy atom. The van der Waals surface area contributed by atoms with Crippen molar-refractivity contribution in [2.45, 2.75) is 6.54 Å². The molecule has 0 aliphatic rings. The smallest absolute Gasteiger partial charge is 0.146 e. The van der Waals surface area contributed by atoms with Gasteiger partial charge in [-0.2, -0.15) is 5.10 Å². The number of halogens is 2. The van der Waals surface area contributed by atoms with Gasteiger partial charge in [-0.15, -0.1) is 0 Å². The molecule has 72 valence electrons. The average Bonchev–Trinajstić information content (AvgIpc) is 2.66. The molecule has 0 aliphatic heterocycles. The fourth-order valence-corrected chi connectivity index (χ4v) is 1.35. The molecule has 0 N–H and O–H groups in total. The molecule has 1 heterocycles. The number of hydrogen-bond donors (Lipinski definition) is 0. The van der Waals surface area contributed by atoms with Gasteiger partial charge in [0.25, 0.3) is 0 Å². The maximum atomic E-state index is 13.4. The van der Waals surface area contributed by atoms with Crippen LogP contribution in [0, 0.1) is 5.82 Å². The lowest BCUT2D eigenvalue weighted by molar-refractivity contribution is 0.585. The maximum absolute atomic E-state index is 13.4. The van der Waals surface area contributed by atoms with Crippen molar-refractivity contribution in [1.29, 1.82) is 0 Å². The first kappa shape index (κ1) is 9.15. The van der Waals surface area contributed by atoms with E-state index in [0.717, 1.165) is 0 Å². The van der Waals surface area contributed by atoms with Crippen molar-refractivity contribution < 1.29 is 4.39 Å². The van der Waals surface area contributed by atoms with Gasteiger partial charge in [0, 0.05) is 5.56 Å². The second kappa shape index (κ2) is 3.75. The molecule has 2 aromatic rings. The first-order valence-corrected chi connectivity index (χ1v) is 4.40. The van der Waals surface area contributed by atoms with Crippen molar-refractivity contribution in [2.75, 3.05) is 0 Å². The molecule has 2 rings (SSSR count). The minimum Gasteiger partial charge on any atom is -0.248 e. The van der Waals surface area contributed by atoms with Crippen molar-refractivity contribution in [1.82, 2.24) is 14.8 Å². The summed E-state index contributed by atoms with van der Waals surface area (Å²) in [4.78, 5) is 3.77. The molecule has 0 radical (unpaired) electrons. The Morgan fingerprint density at radius 2 is 2.29 bits per heavy atom. The molecule has 0 unspecified atom stereocenters. The Morgan fingerprint density at radius 1 is 1.43 bits per heavy atom. The molecule has 1 aromatic carbocycles. The Kier molecular flexibility index (Phi) is 2.45. The van der Waals surface area contributed by atoms with Crippen molar-refractivity contribution >= 4 is 11.6 Å². The van der Waals surface area contributed by atoms with E-state index in [1.54, 1.807) is 12.1 Å². The number of rotatable bonds is 2. The van der Waals surface area contributed by atoms with E-state index >= 15 is 0 Å². The van der Waals surface area contributed by atoms with Crippen molar-refractivity contribution in [3.05, 3.63) is 47.3 Å². The largest absolute Gasteiger partial charge is 0.248 e. The van der Waals surface area contributed by atoms with E-state index < -0.39 is 5.82 Å². The molecule has 3 nitrogen and oxygen atoms in total. The van der Waals surface area contributed by atoms with Crippen LogP contribution in [-0.4, -0.2) is 14.8 Å². The fraction of sp³-hybridized carbons (Fsp3) is 0.111. The lowest BCUT2D eigenvalue weighted by atomic mass is 10.2.